The Morgan fingerprint density at radius 2 is 2.12 bits per heavy atom. The summed E-state index contributed by atoms with van der Waals surface area (Å²) in [6, 6.07) is 10.2. The maximum Gasteiger partial charge on any atom is 0.120 e. The minimum Gasteiger partial charge on any atom is -0.497 e. The molecule has 0 fully saturated rings. The number of anilines is 1. The maximum atomic E-state index is 5.23. The lowest BCUT2D eigenvalue weighted by Crippen LogP contribution is -2.05. The van der Waals surface area contributed by atoms with E-state index < -0.39 is 0 Å². The summed E-state index contributed by atoms with van der Waals surface area (Å²) in [5.74, 6) is 0.880. The summed E-state index contributed by atoms with van der Waals surface area (Å²) < 4.78 is 7.34. The second-order valence-corrected chi connectivity index (χ2v) is 4.14. The lowest BCUT2D eigenvalue weighted by molar-refractivity contribution is 0.415. The molecule has 0 saturated heterocycles. The minimum atomic E-state index is 0.817. The number of aromatic nitrogens is 1. The second kappa shape index (κ2) is 4.95. The van der Waals surface area contributed by atoms with E-state index in [-0.39, 0.29) is 0 Å². The SMILES string of the molecule is COc1ccc(C)c(NCc2cccn2C)c1. The fourth-order valence-corrected chi connectivity index (χ4v) is 1.78. The first-order valence-electron chi connectivity index (χ1n) is 5.69. The first-order chi connectivity index (χ1) is 8.20. The molecule has 17 heavy (non-hydrogen) atoms. The summed E-state index contributed by atoms with van der Waals surface area (Å²) in [7, 11) is 3.74. The number of nitrogens with zero attached hydrogens (tertiary/aromatic N) is 1. The number of benzene rings is 1. The van der Waals surface area contributed by atoms with Gasteiger partial charge in [-0.15, -0.1) is 0 Å². The molecule has 3 heteroatoms. The zero-order valence-electron chi connectivity index (χ0n) is 10.5. The van der Waals surface area contributed by atoms with Gasteiger partial charge >= 0.3 is 0 Å². The second-order valence-electron chi connectivity index (χ2n) is 4.14. The molecule has 2 rings (SSSR count). The zero-order chi connectivity index (χ0) is 12.3. The summed E-state index contributed by atoms with van der Waals surface area (Å²) in [6.07, 6.45) is 2.05. The smallest absolute Gasteiger partial charge is 0.120 e. The van der Waals surface area contributed by atoms with Crippen molar-refractivity contribution in [1.29, 1.82) is 0 Å². The number of aryl methyl sites for hydroxylation is 2. The number of nitrogens with one attached hydrogen (secondary N) is 1. The van der Waals surface area contributed by atoms with Gasteiger partial charge in [-0.1, -0.05) is 6.07 Å². The lowest BCUT2D eigenvalue weighted by Gasteiger charge is -2.11. The van der Waals surface area contributed by atoms with E-state index in [4.69, 9.17) is 4.74 Å². The Balaban J connectivity index is 2.11. The predicted molar refractivity (Wildman–Crippen MR) is 70.5 cm³/mol. The van der Waals surface area contributed by atoms with Crippen molar-refractivity contribution in [3.8, 4) is 5.75 Å². The molecule has 2 aromatic rings. The van der Waals surface area contributed by atoms with Crippen molar-refractivity contribution in [2.24, 2.45) is 7.05 Å². The molecule has 1 N–H and O–H groups in total. The van der Waals surface area contributed by atoms with Gasteiger partial charge in [0.25, 0.3) is 0 Å². The normalized spacial score (nSPS) is 10.3. The molecule has 90 valence electrons. The van der Waals surface area contributed by atoms with E-state index in [9.17, 15) is 0 Å². The Bertz CT molecular complexity index is 503. The number of methoxy groups -OCH3 is 1. The molecule has 1 aromatic heterocycles. The van der Waals surface area contributed by atoms with Crippen LogP contribution < -0.4 is 10.1 Å². The molecule has 0 atom stereocenters. The first kappa shape index (κ1) is 11.6. The van der Waals surface area contributed by atoms with Crippen LogP contribution in [0.5, 0.6) is 5.75 Å². The highest BCUT2D eigenvalue weighted by molar-refractivity contribution is 5.54. The number of hydrogen-bond acceptors (Lipinski definition) is 2. The summed E-state index contributed by atoms with van der Waals surface area (Å²) in [5, 5.41) is 3.43. The van der Waals surface area contributed by atoms with Gasteiger partial charge in [-0.3, -0.25) is 0 Å². The number of rotatable bonds is 4. The molecule has 3 nitrogen and oxygen atoms in total. The highest BCUT2D eigenvalue weighted by Crippen LogP contribution is 2.22. The van der Waals surface area contributed by atoms with E-state index in [1.807, 2.05) is 12.1 Å². The zero-order valence-corrected chi connectivity index (χ0v) is 10.5. The summed E-state index contributed by atoms with van der Waals surface area (Å²) in [4.78, 5) is 0. The van der Waals surface area contributed by atoms with Crippen molar-refractivity contribution in [3.05, 3.63) is 47.8 Å². The van der Waals surface area contributed by atoms with E-state index in [1.165, 1.54) is 11.3 Å². The van der Waals surface area contributed by atoms with Crippen molar-refractivity contribution >= 4 is 5.69 Å². The predicted octanol–water partition coefficient (Wildman–Crippen LogP) is 2.95. The van der Waals surface area contributed by atoms with Crippen LogP contribution in [0.4, 0.5) is 5.69 Å². The minimum absolute atomic E-state index is 0.817. The van der Waals surface area contributed by atoms with Gasteiger partial charge in [-0.2, -0.15) is 0 Å². The van der Waals surface area contributed by atoms with E-state index in [0.29, 0.717) is 0 Å². The van der Waals surface area contributed by atoms with Crippen LogP contribution in [0.25, 0.3) is 0 Å². The van der Waals surface area contributed by atoms with Crippen LogP contribution >= 0.6 is 0 Å². The fraction of sp³-hybridized carbons (Fsp3) is 0.286. The molecule has 0 bridgehead atoms. The van der Waals surface area contributed by atoms with Crippen molar-refractivity contribution in [1.82, 2.24) is 4.57 Å². The van der Waals surface area contributed by atoms with Crippen LogP contribution in [-0.2, 0) is 13.6 Å². The molecule has 1 heterocycles. The Morgan fingerprint density at radius 1 is 1.29 bits per heavy atom. The van der Waals surface area contributed by atoms with Crippen molar-refractivity contribution in [3.63, 3.8) is 0 Å². The van der Waals surface area contributed by atoms with Gasteiger partial charge < -0.3 is 14.6 Å². The molecular formula is C14H18N2O. The average molecular weight is 230 g/mol. The largest absolute Gasteiger partial charge is 0.497 e. The van der Waals surface area contributed by atoms with Gasteiger partial charge in [0.15, 0.2) is 0 Å². The van der Waals surface area contributed by atoms with E-state index in [1.54, 1.807) is 7.11 Å². The maximum absolute atomic E-state index is 5.23. The topological polar surface area (TPSA) is 26.2 Å². The van der Waals surface area contributed by atoms with Crippen LogP contribution in [-0.4, -0.2) is 11.7 Å². The van der Waals surface area contributed by atoms with E-state index in [0.717, 1.165) is 18.0 Å². The van der Waals surface area contributed by atoms with E-state index >= 15 is 0 Å². The van der Waals surface area contributed by atoms with Crippen molar-refractivity contribution in [2.75, 3.05) is 12.4 Å². The molecule has 0 aliphatic carbocycles. The molecule has 0 aliphatic rings. The van der Waals surface area contributed by atoms with Gasteiger partial charge in [0.1, 0.15) is 5.75 Å². The van der Waals surface area contributed by atoms with Crippen LogP contribution in [0.2, 0.25) is 0 Å². The third-order valence-corrected chi connectivity index (χ3v) is 2.96. The van der Waals surface area contributed by atoms with Crippen LogP contribution in [0, 0.1) is 6.92 Å². The fourth-order valence-electron chi connectivity index (χ4n) is 1.78. The molecule has 0 saturated carbocycles. The van der Waals surface area contributed by atoms with Gasteiger partial charge in [0, 0.05) is 30.7 Å². The highest BCUT2D eigenvalue weighted by Gasteiger charge is 2.02. The monoisotopic (exact) mass is 230 g/mol. The molecular weight excluding hydrogens is 212 g/mol. The van der Waals surface area contributed by atoms with Gasteiger partial charge in [0.05, 0.1) is 13.7 Å². The first-order valence-corrected chi connectivity index (χ1v) is 5.69. The molecule has 1 aromatic carbocycles. The number of hydrogen-bond donors (Lipinski definition) is 1. The Labute approximate surface area is 102 Å². The standard InChI is InChI=1S/C14H18N2O/c1-11-6-7-13(17-3)9-14(11)15-10-12-5-4-8-16(12)2/h4-9,15H,10H2,1-3H3. The average Bonchev–Trinajstić information content (AvgIpc) is 2.74. The summed E-state index contributed by atoms with van der Waals surface area (Å²) in [5.41, 5.74) is 3.60. The van der Waals surface area contributed by atoms with Gasteiger partial charge in [0.2, 0.25) is 0 Å². The van der Waals surface area contributed by atoms with Crippen LogP contribution in [0.1, 0.15) is 11.3 Å². The Morgan fingerprint density at radius 3 is 2.76 bits per heavy atom. The van der Waals surface area contributed by atoms with Crippen LogP contribution in [0.3, 0.4) is 0 Å². The number of ether oxygens (including phenoxy) is 1. The third-order valence-electron chi connectivity index (χ3n) is 2.96. The van der Waals surface area contributed by atoms with Gasteiger partial charge in [-0.25, -0.2) is 0 Å². The van der Waals surface area contributed by atoms with Gasteiger partial charge in [-0.05, 0) is 30.7 Å². The molecule has 0 aliphatic heterocycles. The Kier molecular flexibility index (Phi) is 3.38. The highest BCUT2D eigenvalue weighted by atomic mass is 16.5. The molecule has 0 spiro atoms. The molecule has 0 amide bonds. The third kappa shape index (κ3) is 2.61. The lowest BCUT2D eigenvalue weighted by atomic mass is 10.2. The molecule has 0 unspecified atom stereocenters. The van der Waals surface area contributed by atoms with Crippen molar-refractivity contribution < 1.29 is 4.74 Å². The quantitative estimate of drug-likeness (QED) is 0.874. The Hall–Kier alpha value is -1.90. The van der Waals surface area contributed by atoms with Crippen molar-refractivity contribution in [2.45, 2.75) is 13.5 Å². The van der Waals surface area contributed by atoms with E-state index in [2.05, 4.69) is 48.3 Å². The summed E-state index contributed by atoms with van der Waals surface area (Å²) >= 11 is 0. The molecule has 0 radical (unpaired) electrons. The van der Waals surface area contributed by atoms with Crippen LogP contribution in [0.15, 0.2) is 36.5 Å². The summed E-state index contributed by atoms with van der Waals surface area (Å²) in [6.45, 7) is 2.91.